The molecular formula is C18H24O. The summed E-state index contributed by atoms with van der Waals surface area (Å²) in [7, 11) is 0. The average molecular weight is 256 g/mol. The highest BCUT2D eigenvalue weighted by atomic mass is 16.3. The molecule has 1 aromatic rings. The third-order valence-electron chi connectivity index (χ3n) is 4.42. The molecule has 0 radical (unpaired) electrons. The van der Waals surface area contributed by atoms with Crippen LogP contribution in [0.5, 0.6) is 0 Å². The van der Waals surface area contributed by atoms with E-state index in [1.165, 1.54) is 0 Å². The van der Waals surface area contributed by atoms with E-state index < -0.39 is 5.60 Å². The van der Waals surface area contributed by atoms with E-state index in [0.717, 1.165) is 36.0 Å². The Morgan fingerprint density at radius 3 is 2.42 bits per heavy atom. The molecule has 0 amide bonds. The van der Waals surface area contributed by atoms with Gasteiger partial charge >= 0.3 is 0 Å². The summed E-state index contributed by atoms with van der Waals surface area (Å²) in [5, 5.41) is 11.2. The summed E-state index contributed by atoms with van der Waals surface area (Å²) in [6.07, 6.45) is 2.93. The van der Waals surface area contributed by atoms with Crippen molar-refractivity contribution < 1.29 is 5.11 Å². The smallest absolute Gasteiger partial charge is 0.0963 e. The Kier molecular flexibility index (Phi) is 3.96. The fraction of sp³-hybridized carbons (Fsp3) is 0.444. The lowest BCUT2D eigenvalue weighted by atomic mass is 9.65. The van der Waals surface area contributed by atoms with Crippen molar-refractivity contribution in [3.8, 4) is 0 Å². The van der Waals surface area contributed by atoms with Crippen molar-refractivity contribution in [2.45, 2.75) is 38.7 Å². The lowest BCUT2D eigenvalue weighted by Gasteiger charge is -2.44. The summed E-state index contributed by atoms with van der Waals surface area (Å²) in [6.45, 7) is 12.5. The molecule has 1 nitrogen and oxygen atoms in total. The first-order valence-corrected chi connectivity index (χ1v) is 7.07. The van der Waals surface area contributed by atoms with E-state index in [1.807, 2.05) is 37.3 Å². The average Bonchev–Trinajstić information content (AvgIpc) is 2.38. The van der Waals surface area contributed by atoms with Crippen molar-refractivity contribution in [1.82, 2.24) is 0 Å². The van der Waals surface area contributed by atoms with Gasteiger partial charge in [-0.1, -0.05) is 56.0 Å². The fourth-order valence-corrected chi connectivity index (χ4v) is 3.34. The molecule has 1 aliphatic carbocycles. The molecule has 0 unspecified atom stereocenters. The topological polar surface area (TPSA) is 20.2 Å². The molecule has 3 atom stereocenters. The zero-order valence-corrected chi connectivity index (χ0v) is 12.0. The van der Waals surface area contributed by atoms with Gasteiger partial charge in [0.15, 0.2) is 0 Å². The van der Waals surface area contributed by atoms with E-state index >= 15 is 0 Å². The highest BCUT2D eigenvalue weighted by molar-refractivity contribution is 5.71. The molecule has 0 aliphatic heterocycles. The van der Waals surface area contributed by atoms with Crippen LogP contribution >= 0.6 is 0 Å². The Labute approximate surface area is 116 Å². The first-order valence-electron chi connectivity index (χ1n) is 7.07. The van der Waals surface area contributed by atoms with Crippen LogP contribution in [0.3, 0.4) is 0 Å². The SMILES string of the molecule is C=C(C)[C@H]1CC[C@H](C)C[C@]1(O)C(=C)c1ccccc1. The van der Waals surface area contributed by atoms with E-state index in [2.05, 4.69) is 20.1 Å². The normalized spacial score (nSPS) is 30.9. The second kappa shape index (κ2) is 5.34. The minimum Gasteiger partial charge on any atom is -0.385 e. The van der Waals surface area contributed by atoms with Crippen LogP contribution in [0.1, 0.15) is 38.7 Å². The van der Waals surface area contributed by atoms with Crippen molar-refractivity contribution in [1.29, 1.82) is 0 Å². The van der Waals surface area contributed by atoms with Gasteiger partial charge in [-0.3, -0.25) is 0 Å². The Balaban J connectivity index is 2.36. The first kappa shape index (κ1) is 14.1. The van der Waals surface area contributed by atoms with Gasteiger partial charge in [0.1, 0.15) is 0 Å². The Hall–Kier alpha value is -1.34. The van der Waals surface area contributed by atoms with Gasteiger partial charge < -0.3 is 5.11 Å². The van der Waals surface area contributed by atoms with Crippen LogP contribution in [0.4, 0.5) is 0 Å². The second-order valence-electron chi connectivity index (χ2n) is 6.05. The molecule has 0 heterocycles. The minimum absolute atomic E-state index is 0.122. The van der Waals surface area contributed by atoms with Gasteiger partial charge in [-0.15, -0.1) is 0 Å². The summed E-state index contributed by atoms with van der Waals surface area (Å²) < 4.78 is 0. The van der Waals surface area contributed by atoms with Gasteiger partial charge in [-0.05, 0) is 43.2 Å². The molecule has 1 N–H and O–H groups in total. The second-order valence-corrected chi connectivity index (χ2v) is 6.05. The minimum atomic E-state index is -0.842. The standard InChI is InChI=1S/C18H24O/c1-13(2)17-11-10-14(3)12-18(17,19)15(4)16-8-6-5-7-9-16/h5-9,14,17,19H,1,4,10-12H2,2-3H3/t14-,17+,18-/m0/s1. The summed E-state index contributed by atoms with van der Waals surface area (Å²) in [6, 6.07) is 10.0. The third kappa shape index (κ3) is 2.66. The summed E-state index contributed by atoms with van der Waals surface area (Å²) >= 11 is 0. The summed E-state index contributed by atoms with van der Waals surface area (Å²) in [4.78, 5) is 0. The van der Waals surface area contributed by atoms with E-state index in [9.17, 15) is 5.11 Å². The largest absolute Gasteiger partial charge is 0.385 e. The Morgan fingerprint density at radius 1 is 1.21 bits per heavy atom. The molecule has 0 bridgehead atoms. The van der Waals surface area contributed by atoms with Crippen LogP contribution in [0.2, 0.25) is 0 Å². The maximum atomic E-state index is 11.2. The van der Waals surface area contributed by atoms with Crippen LogP contribution in [0.25, 0.3) is 5.57 Å². The third-order valence-corrected chi connectivity index (χ3v) is 4.42. The van der Waals surface area contributed by atoms with Gasteiger partial charge in [-0.25, -0.2) is 0 Å². The molecule has 1 aromatic carbocycles. The van der Waals surface area contributed by atoms with Crippen molar-refractivity contribution in [3.63, 3.8) is 0 Å². The Bertz CT molecular complexity index is 474. The number of rotatable bonds is 3. The van der Waals surface area contributed by atoms with Crippen LogP contribution < -0.4 is 0 Å². The van der Waals surface area contributed by atoms with Gasteiger partial charge in [0.25, 0.3) is 0 Å². The molecule has 1 aliphatic rings. The number of benzene rings is 1. The van der Waals surface area contributed by atoms with Crippen molar-refractivity contribution in [3.05, 3.63) is 54.6 Å². The highest BCUT2D eigenvalue weighted by Gasteiger charge is 2.43. The first-order chi connectivity index (χ1) is 8.95. The molecule has 1 heteroatoms. The monoisotopic (exact) mass is 256 g/mol. The molecule has 2 rings (SSSR count). The predicted molar refractivity (Wildman–Crippen MR) is 81.7 cm³/mol. The fourth-order valence-electron chi connectivity index (χ4n) is 3.34. The predicted octanol–water partition coefficient (Wildman–Crippen LogP) is 4.44. The molecule has 102 valence electrons. The lowest BCUT2D eigenvalue weighted by molar-refractivity contribution is 0.00266. The molecule has 0 aromatic heterocycles. The zero-order chi connectivity index (χ0) is 14.0. The van der Waals surface area contributed by atoms with Gasteiger partial charge in [0.2, 0.25) is 0 Å². The van der Waals surface area contributed by atoms with E-state index in [4.69, 9.17) is 0 Å². The maximum Gasteiger partial charge on any atom is 0.0963 e. The summed E-state index contributed by atoms with van der Waals surface area (Å²) in [5.41, 5.74) is 2.09. The van der Waals surface area contributed by atoms with Crippen LogP contribution in [-0.4, -0.2) is 10.7 Å². The lowest BCUT2D eigenvalue weighted by Crippen LogP contribution is -2.44. The summed E-state index contributed by atoms with van der Waals surface area (Å²) in [5.74, 6) is 0.650. The van der Waals surface area contributed by atoms with E-state index in [-0.39, 0.29) is 5.92 Å². The Morgan fingerprint density at radius 2 is 1.84 bits per heavy atom. The molecular weight excluding hydrogens is 232 g/mol. The quantitative estimate of drug-likeness (QED) is 0.792. The number of hydrogen-bond acceptors (Lipinski definition) is 1. The van der Waals surface area contributed by atoms with Crippen LogP contribution in [-0.2, 0) is 0 Å². The van der Waals surface area contributed by atoms with Crippen molar-refractivity contribution in [2.75, 3.05) is 0 Å². The van der Waals surface area contributed by atoms with E-state index in [1.54, 1.807) is 0 Å². The maximum absolute atomic E-state index is 11.2. The molecule has 0 saturated heterocycles. The van der Waals surface area contributed by atoms with Crippen molar-refractivity contribution in [2.24, 2.45) is 11.8 Å². The zero-order valence-electron chi connectivity index (χ0n) is 12.0. The number of aliphatic hydroxyl groups is 1. The van der Waals surface area contributed by atoms with E-state index in [0.29, 0.717) is 5.92 Å². The van der Waals surface area contributed by atoms with Crippen LogP contribution in [0, 0.1) is 11.8 Å². The van der Waals surface area contributed by atoms with Gasteiger partial charge in [0.05, 0.1) is 5.60 Å². The number of hydrogen-bond donors (Lipinski definition) is 1. The highest BCUT2D eigenvalue weighted by Crippen LogP contribution is 2.46. The molecule has 19 heavy (non-hydrogen) atoms. The van der Waals surface area contributed by atoms with Crippen molar-refractivity contribution >= 4 is 5.57 Å². The van der Waals surface area contributed by atoms with Gasteiger partial charge in [-0.2, -0.15) is 0 Å². The van der Waals surface area contributed by atoms with Crippen LogP contribution in [0.15, 0.2) is 49.1 Å². The molecule has 1 saturated carbocycles. The van der Waals surface area contributed by atoms with Gasteiger partial charge in [0, 0.05) is 5.92 Å². The molecule has 0 spiro atoms. The molecule has 1 fully saturated rings.